The standard InChI is InChI=1S/C17H17ClN2O4.C15H21NO4/c1-11(20-24-10-12-4-3-5-14(21)8-12)13-6-7-15(18)16(9-13)19-17(22)23-2;1-10-7-6-8-11(2)14(10)16(13(17)9-19-4)12(3)15(18)20-5/h3-9,21H,10H2,1-2H3,(H,19,22);6-8,12H,9H2,1-5H3/b20-11+;. The van der Waals surface area contributed by atoms with Crippen LogP contribution in [0, 0.1) is 13.8 Å². The first-order chi connectivity index (χ1) is 20.9. The molecule has 3 aromatic carbocycles. The molecule has 236 valence electrons. The van der Waals surface area contributed by atoms with Crippen molar-refractivity contribution in [1.82, 2.24) is 0 Å². The van der Waals surface area contributed by atoms with Crippen molar-refractivity contribution in [1.29, 1.82) is 0 Å². The van der Waals surface area contributed by atoms with E-state index in [-0.39, 0.29) is 24.9 Å². The van der Waals surface area contributed by atoms with Crippen LogP contribution in [0.1, 0.15) is 36.1 Å². The van der Waals surface area contributed by atoms with E-state index in [4.69, 9.17) is 25.9 Å². The number of phenols is 1. The molecule has 3 aromatic rings. The van der Waals surface area contributed by atoms with E-state index in [1.807, 2.05) is 38.1 Å². The zero-order valence-corrected chi connectivity index (χ0v) is 26.6. The van der Waals surface area contributed by atoms with Gasteiger partial charge in [0.05, 0.1) is 36.3 Å². The zero-order valence-electron chi connectivity index (χ0n) is 25.8. The van der Waals surface area contributed by atoms with Gasteiger partial charge in [0.2, 0.25) is 0 Å². The Balaban J connectivity index is 0.000000312. The van der Waals surface area contributed by atoms with E-state index in [0.717, 1.165) is 27.9 Å². The molecule has 0 aromatic heterocycles. The minimum Gasteiger partial charge on any atom is -0.508 e. The summed E-state index contributed by atoms with van der Waals surface area (Å²) in [4.78, 5) is 42.1. The summed E-state index contributed by atoms with van der Waals surface area (Å²) >= 11 is 6.04. The molecule has 1 unspecified atom stereocenters. The van der Waals surface area contributed by atoms with Crippen LogP contribution >= 0.6 is 11.6 Å². The van der Waals surface area contributed by atoms with Crippen LogP contribution in [0.25, 0.3) is 0 Å². The van der Waals surface area contributed by atoms with Crippen molar-refractivity contribution in [2.45, 2.75) is 40.3 Å². The second kappa shape index (κ2) is 17.5. The lowest BCUT2D eigenvalue weighted by Crippen LogP contribution is -2.46. The fourth-order valence-electron chi connectivity index (χ4n) is 4.10. The molecule has 0 radical (unpaired) electrons. The SMILES string of the molecule is COC(=O)Nc1cc(/C(C)=N/OCc2cccc(O)c2)ccc1Cl.COCC(=O)N(c1c(C)cccc1C)C(C)C(=O)OC. The molecule has 0 fully saturated rings. The predicted octanol–water partition coefficient (Wildman–Crippen LogP) is 6.01. The number of amides is 2. The number of hydrogen-bond donors (Lipinski definition) is 2. The smallest absolute Gasteiger partial charge is 0.411 e. The number of carbonyl (C=O) groups excluding carboxylic acids is 3. The molecule has 0 saturated heterocycles. The van der Waals surface area contributed by atoms with Crippen LogP contribution in [0.3, 0.4) is 0 Å². The maximum Gasteiger partial charge on any atom is 0.411 e. The van der Waals surface area contributed by atoms with Gasteiger partial charge in [0.15, 0.2) is 0 Å². The molecule has 0 bridgehead atoms. The number of aromatic hydroxyl groups is 1. The van der Waals surface area contributed by atoms with Gasteiger partial charge in [-0.25, -0.2) is 9.59 Å². The molecule has 0 aliphatic heterocycles. The average Bonchev–Trinajstić information content (AvgIpc) is 2.99. The molecule has 0 spiro atoms. The Labute approximate surface area is 262 Å². The lowest BCUT2D eigenvalue weighted by Gasteiger charge is -2.30. The molecule has 0 aliphatic rings. The molecule has 2 N–H and O–H groups in total. The highest BCUT2D eigenvalue weighted by molar-refractivity contribution is 6.33. The normalized spacial score (nSPS) is 11.4. The number of ether oxygens (including phenoxy) is 3. The number of para-hydroxylation sites is 1. The summed E-state index contributed by atoms with van der Waals surface area (Å²) in [6, 6.07) is 16.8. The van der Waals surface area contributed by atoms with Gasteiger partial charge in [-0.2, -0.15) is 0 Å². The van der Waals surface area contributed by atoms with E-state index in [9.17, 15) is 19.5 Å². The third-order valence-electron chi connectivity index (χ3n) is 6.30. The van der Waals surface area contributed by atoms with E-state index in [1.54, 1.807) is 50.2 Å². The largest absolute Gasteiger partial charge is 0.508 e. The van der Waals surface area contributed by atoms with E-state index in [0.29, 0.717) is 16.4 Å². The van der Waals surface area contributed by atoms with E-state index >= 15 is 0 Å². The lowest BCUT2D eigenvalue weighted by molar-refractivity contribution is -0.143. The first-order valence-electron chi connectivity index (χ1n) is 13.5. The number of carbonyl (C=O) groups is 3. The molecular formula is C32H38ClN3O8. The van der Waals surface area contributed by atoms with Gasteiger partial charge >= 0.3 is 12.1 Å². The van der Waals surface area contributed by atoms with Gasteiger partial charge in [0, 0.05) is 12.7 Å². The Morgan fingerprint density at radius 2 is 1.64 bits per heavy atom. The van der Waals surface area contributed by atoms with Crippen molar-refractivity contribution in [2.24, 2.45) is 5.16 Å². The molecule has 0 aliphatic carbocycles. The van der Waals surface area contributed by atoms with Crippen LogP contribution in [0.15, 0.2) is 65.8 Å². The number of benzene rings is 3. The highest BCUT2D eigenvalue weighted by atomic mass is 35.5. The van der Waals surface area contributed by atoms with Crippen LogP contribution < -0.4 is 10.2 Å². The number of halogens is 1. The number of rotatable bonds is 10. The third kappa shape index (κ3) is 10.3. The molecule has 1 atom stereocenters. The molecular weight excluding hydrogens is 590 g/mol. The van der Waals surface area contributed by atoms with Crippen molar-refractivity contribution >= 4 is 46.7 Å². The van der Waals surface area contributed by atoms with Crippen LogP contribution in [0.5, 0.6) is 5.75 Å². The monoisotopic (exact) mass is 627 g/mol. The summed E-state index contributed by atoms with van der Waals surface area (Å²) in [6.07, 6.45) is -0.608. The molecule has 11 nitrogen and oxygen atoms in total. The Morgan fingerprint density at radius 1 is 0.977 bits per heavy atom. The third-order valence-corrected chi connectivity index (χ3v) is 6.63. The van der Waals surface area contributed by atoms with Crippen LogP contribution in [0.4, 0.5) is 16.2 Å². The first-order valence-corrected chi connectivity index (χ1v) is 13.9. The lowest BCUT2D eigenvalue weighted by atomic mass is 10.1. The van der Waals surface area contributed by atoms with Crippen LogP contribution in [0.2, 0.25) is 5.02 Å². The number of nitrogens with zero attached hydrogens (tertiary/aromatic N) is 2. The summed E-state index contributed by atoms with van der Waals surface area (Å²) in [5, 5.41) is 16.4. The van der Waals surface area contributed by atoms with Crippen LogP contribution in [-0.4, -0.2) is 62.8 Å². The Kier molecular flexibility index (Phi) is 14.1. The van der Waals surface area contributed by atoms with Crippen molar-refractivity contribution < 1.29 is 38.5 Å². The highest BCUT2D eigenvalue weighted by Gasteiger charge is 2.29. The van der Waals surface area contributed by atoms with Gasteiger partial charge in [-0.1, -0.05) is 53.2 Å². The molecule has 3 rings (SSSR count). The van der Waals surface area contributed by atoms with Crippen molar-refractivity contribution in [2.75, 3.05) is 38.2 Å². The quantitative estimate of drug-likeness (QED) is 0.158. The average molecular weight is 628 g/mol. The van der Waals surface area contributed by atoms with E-state index in [2.05, 4.69) is 15.2 Å². The Hall–Kier alpha value is -4.61. The molecule has 0 heterocycles. The number of phenolic OH excluding ortho intramolecular Hbond substituents is 1. The number of esters is 1. The summed E-state index contributed by atoms with van der Waals surface area (Å²) in [5.74, 6) is -0.562. The Bertz CT molecular complexity index is 1460. The Morgan fingerprint density at radius 3 is 2.23 bits per heavy atom. The fourth-order valence-corrected chi connectivity index (χ4v) is 4.26. The second-order valence-electron chi connectivity index (χ2n) is 9.57. The number of anilines is 2. The summed E-state index contributed by atoms with van der Waals surface area (Å²) in [7, 11) is 4.03. The van der Waals surface area contributed by atoms with Crippen molar-refractivity contribution in [3.8, 4) is 5.75 Å². The predicted molar refractivity (Wildman–Crippen MR) is 169 cm³/mol. The number of aryl methyl sites for hydroxylation is 2. The summed E-state index contributed by atoms with van der Waals surface area (Å²) in [6.45, 7) is 7.36. The molecule has 0 saturated carbocycles. The fraction of sp³-hybridized carbons (Fsp3) is 0.312. The molecule has 44 heavy (non-hydrogen) atoms. The van der Waals surface area contributed by atoms with Gasteiger partial charge in [-0.05, 0) is 68.7 Å². The van der Waals surface area contributed by atoms with Gasteiger partial charge in [0.1, 0.15) is 25.0 Å². The first kappa shape index (κ1) is 35.6. The summed E-state index contributed by atoms with van der Waals surface area (Å²) < 4.78 is 14.2. The topological polar surface area (TPSA) is 136 Å². The van der Waals surface area contributed by atoms with Gasteiger partial charge in [-0.15, -0.1) is 0 Å². The maximum absolute atomic E-state index is 12.3. The van der Waals surface area contributed by atoms with Crippen molar-refractivity contribution in [3.63, 3.8) is 0 Å². The van der Waals surface area contributed by atoms with Crippen molar-refractivity contribution in [3.05, 3.63) is 87.9 Å². The van der Waals surface area contributed by atoms with Gasteiger partial charge < -0.3 is 24.2 Å². The van der Waals surface area contributed by atoms with Gasteiger partial charge in [0.25, 0.3) is 5.91 Å². The number of oxime groups is 1. The van der Waals surface area contributed by atoms with Crippen LogP contribution in [-0.2, 0) is 35.2 Å². The number of nitrogens with one attached hydrogen (secondary N) is 1. The second-order valence-corrected chi connectivity index (χ2v) is 9.97. The van der Waals surface area contributed by atoms with E-state index < -0.39 is 18.1 Å². The maximum atomic E-state index is 12.3. The van der Waals surface area contributed by atoms with Gasteiger partial charge in [-0.3, -0.25) is 15.0 Å². The highest BCUT2D eigenvalue weighted by Crippen LogP contribution is 2.27. The molecule has 12 heteroatoms. The number of methoxy groups -OCH3 is 3. The zero-order chi connectivity index (χ0) is 32.8. The summed E-state index contributed by atoms with van der Waals surface area (Å²) in [5.41, 5.74) is 5.14. The number of hydrogen-bond acceptors (Lipinski definition) is 9. The minimum absolute atomic E-state index is 0.0882. The van der Waals surface area contributed by atoms with E-state index in [1.165, 1.54) is 26.2 Å². The molecule has 2 amide bonds. The minimum atomic E-state index is -0.706.